The quantitative estimate of drug-likeness (QED) is 0.370. The van der Waals surface area contributed by atoms with Crippen molar-refractivity contribution in [1.82, 2.24) is 15.5 Å². The van der Waals surface area contributed by atoms with E-state index in [1.807, 2.05) is 12.1 Å². The predicted octanol–water partition coefficient (Wildman–Crippen LogP) is 5.17. The molecule has 0 bridgehead atoms. The van der Waals surface area contributed by atoms with E-state index in [-0.39, 0.29) is 12.5 Å². The number of amides is 1. The van der Waals surface area contributed by atoms with Gasteiger partial charge >= 0.3 is 0 Å². The number of carbonyl (C=O) groups is 1. The monoisotopic (exact) mass is 414 g/mol. The lowest BCUT2D eigenvalue weighted by Crippen LogP contribution is -2.22. The lowest BCUT2D eigenvalue weighted by molar-refractivity contribution is -0.121. The highest BCUT2D eigenvalue weighted by atomic mass is 16.5. The van der Waals surface area contributed by atoms with E-state index in [1.54, 1.807) is 0 Å². The topological polar surface area (TPSA) is 94.0 Å². The SMILES string of the molecule is CCCCCCCCCCc1ccc(-c2noc(CNC(=O)CCCCN)n2)cc1. The molecular weight excluding hydrogens is 376 g/mol. The maximum absolute atomic E-state index is 11.8. The zero-order chi connectivity index (χ0) is 21.4. The predicted molar refractivity (Wildman–Crippen MR) is 121 cm³/mol. The van der Waals surface area contributed by atoms with Crippen molar-refractivity contribution in [3.05, 3.63) is 35.7 Å². The molecule has 0 fully saturated rings. The fourth-order valence-corrected chi connectivity index (χ4v) is 3.42. The highest BCUT2D eigenvalue weighted by molar-refractivity contribution is 5.75. The molecule has 0 atom stereocenters. The molecule has 0 spiro atoms. The van der Waals surface area contributed by atoms with E-state index in [1.165, 1.54) is 56.9 Å². The summed E-state index contributed by atoms with van der Waals surface area (Å²) in [6.45, 7) is 3.12. The van der Waals surface area contributed by atoms with E-state index in [0.717, 1.165) is 24.8 Å². The molecular formula is C24H38N4O2. The first kappa shape index (κ1) is 24.1. The van der Waals surface area contributed by atoms with E-state index < -0.39 is 0 Å². The first-order valence-electron chi connectivity index (χ1n) is 11.6. The maximum Gasteiger partial charge on any atom is 0.246 e. The van der Waals surface area contributed by atoms with Gasteiger partial charge in [0.05, 0.1) is 6.54 Å². The minimum atomic E-state index is -0.0199. The highest BCUT2D eigenvalue weighted by Crippen LogP contribution is 2.18. The van der Waals surface area contributed by atoms with Gasteiger partial charge < -0.3 is 15.6 Å². The van der Waals surface area contributed by atoms with Gasteiger partial charge in [0.1, 0.15) is 0 Å². The van der Waals surface area contributed by atoms with Gasteiger partial charge in [-0.25, -0.2) is 0 Å². The standard InChI is InChI=1S/C24H38N4O2/c1-2-3-4-5-6-7-8-9-12-20-14-16-21(17-15-20)24-27-23(30-28-24)19-26-22(29)13-10-11-18-25/h14-17H,2-13,18-19,25H2,1H3,(H,26,29). The fraction of sp³-hybridized carbons (Fsp3) is 0.625. The van der Waals surface area contributed by atoms with Crippen LogP contribution in [0, 0.1) is 0 Å². The zero-order valence-electron chi connectivity index (χ0n) is 18.5. The number of hydrogen-bond donors (Lipinski definition) is 2. The van der Waals surface area contributed by atoms with E-state index in [9.17, 15) is 4.79 Å². The first-order valence-corrected chi connectivity index (χ1v) is 11.6. The van der Waals surface area contributed by atoms with Crippen molar-refractivity contribution in [2.45, 2.75) is 90.5 Å². The van der Waals surface area contributed by atoms with Gasteiger partial charge in [0.2, 0.25) is 17.6 Å². The molecule has 1 amide bonds. The highest BCUT2D eigenvalue weighted by Gasteiger charge is 2.10. The van der Waals surface area contributed by atoms with Gasteiger partial charge in [-0.15, -0.1) is 0 Å². The Labute approximate surface area is 181 Å². The van der Waals surface area contributed by atoms with Crippen LogP contribution in [0.25, 0.3) is 11.4 Å². The van der Waals surface area contributed by atoms with Gasteiger partial charge in [-0.1, -0.05) is 81.3 Å². The Balaban J connectivity index is 1.68. The van der Waals surface area contributed by atoms with Gasteiger partial charge in [-0.3, -0.25) is 4.79 Å². The van der Waals surface area contributed by atoms with Crippen molar-refractivity contribution in [2.24, 2.45) is 5.73 Å². The summed E-state index contributed by atoms with van der Waals surface area (Å²) in [4.78, 5) is 16.1. The Kier molecular flexibility index (Phi) is 11.8. The second-order valence-corrected chi connectivity index (χ2v) is 7.96. The molecule has 1 aromatic heterocycles. The Hall–Kier alpha value is -2.21. The van der Waals surface area contributed by atoms with Crippen molar-refractivity contribution in [3.63, 3.8) is 0 Å². The number of rotatable bonds is 16. The van der Waals surface area contributed by atoms with Crippen LogP contribution in [0.5, 0.6) is 0 Å². The molecule has 0 saturated carbocycles. The van der Waals surface area contributed by atoms with Crippen LogP contribution in [0.15, 0.2) is 28.8 Å². The molecule has 166 valence electrons. The summed E-state index contributed by atoms with van der Waals surface area (Å²) in [5.74, 6) is 0.953. The maximum atomic E-state index is 11.8. The van der Waals surface area contributed by atoms with Crippen molar-refractivity contribution >= 4 is 5.91 Å². The normalized spacial score (nSPS) is 11.0. The molecule has 0 aliphatic heterocycles. The molecule has 1 aromatic carbocycles. The number of aryl methyl sites for hydroxylation is 1. The minimum Gasteiger partial charge on any atom is -0.347 e. The van der Waals surface area contributed by atoms with E-state index in [2.05, 4.69) is 34.5 Å². The van der Waals surface area contributed by atoms with Crippen LogP contribution in [0.3, 0.4) is 0 Å². The summed E-state index contributed by atoms with van der Waals surface area (Å²) < 4.78 is 5.26. The molecule has 2 aromatic rings. The molecule has 6 nitrogen and oxygen atoms in total. The van der Waals surface area contributed by atoms with Crippen LogP contribution >= 0.6 is 0 Å². The van der Waals surface area contributed by atoms with Gasteiger partial charge in [0.15, 0.2) is 0 Å². The number of aromatic nitrogens is 2. The van der Waals surface area contributed by atoms with Gasteiger partial charge in [0, 0.05) is 12.0 Å². The molecule has 6 heteroatoms. The zero-order valence-corrected chi connectivity index (χ0v) is 18.5. The Morgan fingerprint density at radius 3 is 2.37 bits per heavy atom. The second-order valence-electron chi connectivity index (χ2n) is 7.96. The summed E-state index contributed by atoms with van der Waals surface area (Å²) in [7, 11) is 0. The molecule has 2 rings (SSSR count). The Morgan fingerprint density at radius 2 is 1.67 bits per heavy atom. The molecule has 3 N–H and O–H groups in total. The lowest BCUT2D eigenvalue weighted by Gasteiger charge is -2.03. The molecule has 0 unspecified atom stereocenters. The van der Waals surface area contributed by atoms with E-state index in [4.69, 9.17) is 10.3 Å². The van der Waals surface area contributed by atoms with Crippen molar-refractivity contribution in [3.8, 4) is 11.4 Å². The van der Waals surface area contributed by atoms with Crippen LogP contribution < -0.4 is 11.1 Å². The third-order valence-electron chi connectivity index (χ3n) is 5.29. The smallest absolute Gasteiger partial charge is 0.246 e. The van der Waals surface area contributed by atoms with Crippen LogP contribution in [0.4, 0.5) is 0 Å². The third kappa shape index (κ3) is 9.53. The van der Waals surface area contributed by atoms with Crippen LogP contribution in [-0.2, 0) is 17.8 Å². The number of nitrogens with one attached hydrogen (secondary N) is 1. The molecule has 30 heavy (non-hydrogen) atoms. The molecule has 0 saturated heterocycles. The number of nitrogens with zero attached hydrogens (tertiary/aromatic N) is 2. The molecule has 1 heterocycles. The summed E-state index contributed by atoms with van der Waals surface area (Å²) in [6, 6.07) is 8.37. The van der Waals surface area contributed by atoms with Gasteiger partial charge in [-0.05, 0) is 37.8 Å². The summed E-state index contributed by atoms with van der Waals surface area (Å²) in [6.07, 6.45) is 13.9. The number of unbranched alkanes of at least 4 members (excludes halogenated alkanes) is 8. The second kappa shape index (κ2) is 14.7. The summed E-state index contributed by atoms with van der Waals surface area (Å²) >= 11 is 0. The van der Waals surface area contributed by atoms with Gasteiger partial charge in [-0.2, -0.15) is 4.98 Å². The third-order valence-corrected chi connectivity index (χ3v) is 5.29. The largest absolute Gasteiger partial charge is 0.347 e. The molecule has 0 radical (unpaired) electrons. The number of nitrogens with two attached hydrogens (primary N) is 1. The minimum absolute atomic E-state index is 0.0199. The Bertz CT molecular complexity index is 712. The van der Waals surface area contributed by atoms with Crippen molar-refractivity contribution in [1.29, 1.82) is 0 Å². The van der Waals surface area contributed by atoms with Crippen molar-refractivity contribution in [2.75, 3.05) is 6.54 Å². The average molecular weight is 415 g/mol. The van der Waals surface area contributed by atoms with Crippen molar-refractivity contribution < 1.29 is 9.32 Å². The van der Waals surface area contributed by atoms with Gasteiger partial charge in [0.25, 0.3) is 0 Å². The Morgan fingerprint density at radius 1 is 0.967 bits per heavy atom. The molecule has 0 aliphatic carbocycles. The average Bonchev–Trinajstić information content (AvgIpc) is 3.24. The molecule has 0 aliphatic rings. The van der Waals surface area contributed by atoms with Crippen LogP contribution in [0.1, 0.15) is 89.0 Å². The van der Waals surface area contributed by atoms with E-state index >= 15 is 0 Å². The number of benzene rings is 1. The van der Waals surface area contributed by atoms with Crippen LogP contribution in [0.2, 0.25) is 0 Å². The summed E-state index contributed by atoms with van der Waals surface area (Å²) in [5.41, 5.74) is 7.71. The first-order chi connectivity index (χ1) is 14.7. The fourth-order valence-electron chi connectivity index (χ4n) is 3.42. The van der Waals surface area contributed by atoms with E-state index in [0.29, 0.717) is 24.7 Å². The van der Waals surface area contributed by atoms with Crippen LogP contribution in [-0.4, -0.2) is 22.6 Å². The number of hydrogen-bond acceptors (Lipinski definition) is 5. The summed E-state index contributed by atoms with van der Waals surface area (Å²) in [5, 5.41) is 6.84. The lowest BCUT2D eigenvalue weighted by atomic mass is 10.0. The number of carbonyl (C=O) groups excluding carboxylic acids is 1.